The smallest absolute Gasteiger partial charge is 0.162 e. The summed E-state index contributed by atoms with van der Waals surface area (Å²) in [5.41, 5.74) is 6.98. The fraction of sp³-hybridized carbons (Fsp3) is 0.500. The molecule has 2 aromatic rings. The van der Waals surface area contributed by atoms with Crippen molar-refractivity contribution in [2.75, 3.05) is 5.43 Å². The zero-order valence-electron chi connectivity index (χ0n) is 12.8. The van der Waals surface area contributed by atoms with Crippen molar-refractivity contribution in [1.29, 1.82) is 0 Å². The summed E-state index contributed by atoms with van der Waals surface area (Å²) in [6, 6.07) is 0. The number of hydrogen-bond acceptors (Lipinski definition) is 5. The van der Waals surface area contributed by atoms with Crippen LogP contribution in [0, 0.1) is 20.8 Å². The summed E-state index contributed by atoms with van der Waals surface area (Å²) in [6.07, 6.45) is 1.71. The summed E-state index contributed by atoms with van der Waals surface area (Å²) in [5, 5.41) is 4.62. The maximum absolute atomic E-state index is 5.55. The Morgan fingerprint density at radius 1 is 1.10 bits per heavy atom. The van der Waals surface area contributed by atoms with Gasteiger partial charge in [-0.1, -0.05) is 13.8 Å². The van der Waals surface area contributed by atoms with Crippen LogP contribution in [0.25, 0.3) is 5.82 Å². The lowest BCUT2D eigenvalue weighted by molar-refractivity contribution is 0.774. The van der Waals surface area contributed by atoms with Crippen molar-refractivity contribution in [3.8, 4) is 5.82 Å². The largest absolute Gasteiger partial charge is 0.308 e. The molecule has 0 amide bonds. The molecular weight excluding hydrogens is 252 g/mol. The van der Waals surface area contributed by atoms with Crippen molar-refractivity contribution in [2.24, 2.45) is 5.84 Å². The number of aromatic nitrogens is 4. The van der Waals surface area contributed by atoms with E-state index >= 15 is 0 Å². The van der Waals surface area contributed by atoms with Crippen LogP contribution in [-0.4, -0.2) is 19.7 Å². The lowest BCUT2D eigenvalue weighted by Gasteiger charge is -2.12. The molecule has 0 atom stereocenters. The van der Waals surface area contributed by atoms with E-state index in [1.807, 2.05) is 25.5 Å². The summed E-state index contributed by atoms with van der Waals surface area (Å²) in [6.45, 7) is 10.2. The second-order valence-corrected chi connectivity index (χ2v) is 4.85. The van der Waals surface area contributed by atoms with Gasteiger partial charge in [0.15, 0.2) is 5.82 Å². The molecule has 0 aromatic carbocycles. The first kappa shape index (κ1) is 14.5. The van der Waals surface area contributed by atoms with Crippen LogP contribution in [0.3, 0.4) is 0 Å². The molecule has 0 saturated carbocycles. The van der Waals surface area contributed by atoms with Gasteiger partial charge in [-0.25, -0.2) is 20.5 Å². The van der Waals surface area contributed by atoms with E-state index in [9.17, 15) is 0 Å². The molecule has 0 fully saturated rings. The van der Waals surface area contributed by atoms with Crippen LogP contribution in [-0.2, 0) is 12.8 Å². The van der Waals surface area contributed by atoms with Gasteiger partial charge in [-0.05, 0) is 32.8 Å². The van der Waals surface area contributed by atoms with Gasteiger partial charge in [0.2, 0.25) is 0 Å². The molecule has 108 valence electrons. The van der Waals surface area contributed by atoms with Crippen LogP contribution in [0.5, 0.6) is 0 Å². The average Bonchev–Trinajstić information content (AvgIpc) is 2.73. The Bertz CT molecular complexity index is 629. The molecule has 3 N–H and O–H groups in total. The van der Waals surface area contributed by atoms with Gasteiger partial charge in [0, 0.05) is 17.7 Å². The lowest BCUT2D eigenvalue weighted by Crippen LogP contribution is -2.16. The van der Waals surface area contributed by atoms with Crippen molar-refractivity contribution >= 4 is 5.82 Å². The van der Waals surface area contributed by atoms with Crippen LogP contribution in [0.4, 0.5) is 5.82 Å². The normalized spacial score (nSPS) is 10.9. The number of hydrogen-bond donors (Lipinski definition) is 2. The van der Waals surface area contributed by atoms with E-state index in [1.165, 1.54) is 5.56 Å². The fourth-order valence-corrected chi connectivity index (χ4v) is 2.45. The molecule has 20 heavy (non-hydrogen) atoms. The number of nitrogens with one attached hydrogen (secondary N) is 1. The minimum atomic E-state index is 0.650. The maximum atomic E-state index is 5.55. The highest BCUT2D eigenvalue weighted by Crippen LogP contribution is 2.22. The first-order valence-corrected chi connectivity index (χ1v) is 6.93. The molecule has 2 heterocycles. The predicted molar refractivity (Wildman–Crippen MR) is 79.9 cm³/mol. The molecule has 2 aromatic heterocycles. The van der Waals surface area contributed by atoms with Gasteiger partial charge in [0.25, 0.3) is 0 Å². The Balaban J connectivity index is 2.69. The van der Waals surface area contributed by atoms with Crippen molar-refractivity contribution in [2.45, 2.75) is 47.5 Å². The van der Waals surface area contributed by atoms with E-state index in [1.54, 1.807) is 0 Å². The van der Waals surface area contributed by atoms with Crippen LogP contribution < -0.4 is 11.3 Å². The third-order valence-corrected chi connectivity index (χ3v) is 3.61. The first-order chi connectivity index (χ1) is 9.53. The van der Waals surface area contributed by atoms with E-state index in [0.717, 1.165) is 41.4 Å². The minimum Gasteiger partial charge on any atom is -0.308 e. The standard InChI is InChI=1S/C14H22N6/c1-6-11-9(4)19-20(10(11)5)14-8(3)13(18-15)16-12(7-2)17-14/h6-7,15H2,1-5H3,(H,16,17,18). The highest BCUT2D eigenvalue weighted by Gasteiger charge is 2.17. The highest BCUT2D eigenvalue weighted by atomic mass is 15.3. The molecule has 6 nitrogen and oxygen atoms in total. The number of hydrazine groups is 1. The van der Waals surface area contributed by atoms with E-state index in [0.29, 0.717) is 5.82 Å². The van der Waals surface area contributed by atoms with E-state index in [-0.39, 0.29) is 0 Å². The third-order valence-electron chi connectivity index (χ3n) is 3.61. The quantitative estimate of drug-likeness (QED) is 0.658. The Morgan fingerprint density at radius 2 is 1.80 bits per heavy atom. The molecule has 0 aliphatic carbocycles. The Hall–Kier alpha value is -1.95. The van der Waals surface area contributed by atoms with Gasteiger partial charge in [0.1, 0.15) is 11.6 Å². The number of anilines is 1. The van der Waals surface area contributed by atoms with Crippen LogP contribution in [0.2, 0.25) is 0 Å². The van der Waals surface area contributed by atoms with E-state index in [2.05, 4.69) is 34.3 Å². The molecule has 2 rings (SSSR count). The molecule has 6 heteroatoms. The molecule has 0 radical (unpaired) electrons. The van der Waals surface area contributed by atoms with Crippen LogP contribution in [0.15, 0.2) is 0 Å². The van der Waals surface area contributed by atoms with Gasteiger partial charge in [-0.3, -0.25) is 0 Å². The Kier molecular flexibility index (Phi) is 4.04. The van der Waals surface area contributed by atoms with Gasteiger partial charge in [-0.15, -0.1) is 0 Å². The lowest BCUT2D eigenvalue weighted by atomic mass is 10.1. The van der Waals surface area contributed by atoms with Crippen molar-refractivity contribution in [3.05, 3.63) is 28.3 Å². The molecular formula is C14H22N6. The molecule has 0 saturated heterocycles. The number of nitrogens with zero attached hydrogens (tertiary/aromatic N) is 4. The van der Waals surface area contributed by atoms with Gasteiger partial charge in [-0.2, -0.15) is 5.10 Å². The Morgan fingerprint density at radius 3 is 2.30 bits per heavy atom. The highest BCUT2D eigenvalue weighted by molar-refractivity contribution is 5.51. The van der Waals surface area contributed by atoms with Gasteiger partial charge < -0.3 is 5.43 Å². The zero-order valence-corrected chi connectivity index (χ0v) is 12.8. The third kappa shape index (κ3) is 2.27. The molecule has 0 unspecified atom stereocenters. The predicted octanol–water partition coefficient (Wildman–Crippen LogP) is 2.00. The van der Waals surface area contributed by atoms with E-state index in [4.69, 9.17) is 5.84 Å². The fourth-order valence-electron chi connectivity index (χ4n) is 2.45. The second-order valence-electron chi connectivity index (χ2n) is 4.85. The number of nitrogen functional groups attached to an aromatic ring is 1. The number of rotatable bonds is 4. The average molecular weight is 274 g/mol. The molecule has 0 aliphatic heterocycles. The summed E-state index contributed by atoms with van der Waals surface area (Å²) in [4.78, 5) is 9.00. The van der Waals surface area contributed by atoms with Gasteiger partial charge >= 0.3 is 0 Å². The first-order valence-electron chi connectivity index (χ1n) is 6.93. The van der Waals surface area contributed by atoms with Crippen LogP contribution >= 0.6 is 0 Å². The monoisotopic (exact) mass is 274 g/mol. The van der Waals surface area contributed by atoms with Crippen molar-refractivity contribution in [1.82, 2.24) is 19.7 Å². The maximum Gasteiger partial charge on any atom is 0.162 e. The summed E-state index contributed by atoms with van der Waals surface area (Å²) >= 11 is 0. The van der Waals surface area contributed by atoms with Crippen molar-refractivity contribution in [3.63, 3.8) is 0 Å². The summed E-state index contributed by atoms with van der Waals surface area (Å²) in [7, 11) is 0. The van der Waals surface area contributed by atoms with Crippen LogP contribution in [0.1, 0.15) is 42.2 Å². The zero-order chi connectivity index (χ0) is 14.9. The second kappa shape index (κ2) is 5.58. The number of aryl methyl sites for hydroxylation is 2. The number of nitrogens with two attached hydrogens (primary N) is 1. The SMILES string of the molecule is CCc1nc(NN)c(C)c(-n2nc(C)c(CC)c2C)n1. The molecule has 0 aliphatic rings. The molecule has 0 bridgehead atoms. The summed E-state index contributed by atoms with van der Waals surface area (Å²) in [5.74, 6) is 7.75. The molecule has 0 spiro atoms. The topological polar surface area (TPSA) is 81.6 Å². The Labute approximate surface area is 119 Å². The van der Waals surface area contributed by atoms with Gasteiger partial charge in [0.05, 0.1) is 5.69 Å². The summed E-state index contributed by atoms with van der Waals surface area (Å²) < 4.78 is 1.89. The minimum absolute atomic E-state index is 0.650. The van der Waals surface area contributed by atoms with Crippen molar-refractivity contribution < 1.29 is 0 Å². The van der Waals surface area contributed by atoms with E-state index < -0.39 is 0 Å².